The first-order valence-corrected chi connectivity index (χ1v) is 4.94. The molecule has 0 radical (unpaired) electrons. The van der Waals surface area contributed by atoms with Crippen molar-refractivity contribution >= 4 is 35.9 Å². The van der Waals surface area contributed by atoms with Crippen LogP contribution in [0.2, 0.25) is 5.02 Å². The molecule has 0 atom stereocenters. The molecule has 14 heavy (non-hydrogen) atoms. The van der Waals surface area contributed by atoms with Crippen molar-refractivity contribution in [1.29, 1.82) is 0 Å². The highest BCUT2D eigenvalue weighted by Gasteiger charge is 2.12. The van der Waals surface area contributed by atoms with Crippen molar-refractivity contribution in [3.05, 3.63) is 23.2 Å². The Morgan fingerprint density at radius 3 is 2.71 bits per heavy atom. The van der Waals surface area contributed by atoms with Gasteiger partial charge in [-0.05, 0) is 25.1 Å². The zero-order valence-corrected chi connectivity index (χ0v) is 9.35. The van der Waals surface area contributed by atoms with Gasteiger partial charge in [-0.25, -0.2) is 4.79 Å². The molecule has 0 heterocycles. The molecule has 0 spiro atoms. The smallest absolute Gasteiger partial charge is 0.319 e. The molecule has 0 aromatic heterocycles. The number of halogens is 1. The van der Waals surface area contributed by atoms with Crippen LogP contribution in [0.15, 0.2) is 23.1 Å². The Morgan fingerprint density at radius 1 is 1.64 bits per heavy atom. The van der Waals surface area contributed by atoms with Gasteiger partial charge in [0.1, 0.15) is 0 Å². The Labute approximate surface area is 93.2 Å². The number of amides is 2. The van der Waals surface area contributed by atoms with Crippen LogP contribution in [0, 0.1) is 0 Å². The van der Waals surface area contributed by atoms with Crippen LogP contribution in [0.4, 0.5) is 10.5 Å². The molecule has 0 unspecified atom stereocenters. The largest absolute Gasteiger partial charge is 0.351 e. The van der Waals surface area contributed by atoms with Crippen molar-refractivity contribution in [3.8, 4) is 0 Å². The molecule has 0 saturated carbocycles. The highest BCUT2D eigenvalue weighted by Crippen LogP contribution is 2.26. The van der Waals surface area contributed by atoms with E-state index in [0.29, 0.717) is 22.2 Å². The summed E-state index contributed by atoms with van der Waals surface area (Å²) in [5.74, 6) is 0. The first-order chi connectivity index (χ1) is 6.56. The minimum atomic E-state index is -0.495. The van der Waals surface area contributed by atoms with Crippen LogP contribution in [-0.2, 0) is 0 Å². The molecule has 3 nitrogen and oxygen atoms in total. The van der Waals surface area contributed by atoms with Gasteiger partial charge in [0.05, 0.1) is 5.69 Å². The molecular formula is C9H11ClN2OS. The fourth-order valence-corrected chi connectivity index (χ4v) is 1.75. The summed E-state index contributed by atoms with van der Waals surface area (Å²) < 4.78 is 0. The van der Waals surface area contributed by atoms with E-state index in [2.05, 4.69) is 12.6 Å². The van der Waals surface area contributed by atoms with Crippen molar-refractivity contribution in [2.75, 3.05) is 11.4 Å². The fourth-order valence-electron chi connectivity index (χ4n) is 1.17. The highest BCUT2D eigenvalue weighted by atomic mass is 35.5. The van der Waals surface area contributed by atoms with Crippen LogP contribution in [0.25, 0.3) is 0 Å². The molecule has 0 saturated heterocycles. The van der Waals surface area contributed by atoms with E-state index in [1.807, 2.05) is 6.92 Å². The molecule has 76 valence electrons. The van der Waals surface area contributed by atoms with Gasteiger partial charge in [-0.1, -0.05) is 11.6 Å². The number of hydrogen-bond donors (Lipinski definition) is 2. The van der Waals surface area contributed by atoms with Gasteiger partial charge in [0.25, 0.3) is 0 Å². The molecule has 0 aliphatic rings. The lowest BCUT2D eigenvalue weighted by molar-refractivity contribution is 0.254. The van der Waals surface area contributed by atoms with E-state index >= 15 is 0 Å². The summed E-state index contributed by atoms with van der Waals surface area (Å²) in [6.45, 7) is 2.34. The zero-order chi connectivity index (χ0) is 10.7. The number of benzene rings is 1. The third kappa shape index (κ3) is 2.33. The fraction of sp³-hybridized carbons (Fsp3) is 0.222. The molecule has 0 aliphatic carbocycles. The van der Waals surface area contributed by atoms with Crippen molar-refractivity contribution in [3.63, 3.8) is 0 Å². The van der Waals surface area contributed by atoms with E-state index in [9.17, 15) is 4.79 Å². The van der Waals surface area contributed by atoms with Gasteiger partial charge in [-0.3, -0.25) is 4.90 Å². The monoisotopic (exact) mass is 230 g/mol. The lowest BCUT2D eigenvalue weighted by atomic mass is 10.3. The van der Waals surface area contributed by atoms with Crippen LogP contribution >= 0.6 is 24.2 Å². The highest BCUT2D eigenvalue weighted by molar-refractivity contribution is 7.80. The van der Waals surface area contributed by atoms with E-state index in [4.69, 9.17) is 17.3 Å². The molecule has 1 rings (SSSR count). The quantitative estimate of drug-likeness (QED) is 0.754. The van der Waals surface area contributed by atoms with Crippen molar-refractivity contribution < 1.29 is 4.79 Å². The number of carbonyl (C=O) groups is 1. The van der Waals surface area contributed by atoms with Gasteiger partial charge in [-0.2, -0.15) is 0 Å². The minimum Gasteiger partial charge on any atom is -0.351 e. The first kappa shape index (κ1) is 11.2. The molecule has 5 heteroatoms. The predicted octanol–water partition coefficient (Wildman–Crippen LogP) is 2.53. The van der Waals surface area contributed by atoms with E-state index < -0.39 is 6.03 Å². The molecular weight excluding hydrogens is 220 g/mol. The normalized spacial score (nSPS) is 9.93. The SMILES string of the molecule is CCN(C(N)=O)c1ccc(Cl)cc1S. The second-order valence-corrected chi connectivity index (χ2v) is 3.63. The van der Waals surface area contributed by atoms with Crippen molar-refractivity contribution in [2.24, 2.45) is 5.73 Å². The first-order valence-electron chi connectivity index (χ1n) is 4.11. The van der Waals surface area contributed by atoms with E-state index in [1.165, 1.54) is 4.90 Å². The molecule has 2 N–H and O–H groups in total. The van der Waals surface area contributed by atoms with Crippen LogP contribution < -0.4 is 10.6 Å². The maximum atomic E-state index is 11.0. The molecule has 0 aliphatic heterocycles. The molecule has 2 amide bonds. The third-order valence-electron chi connectivity index (χ3n) is 1.81. The van der Waals surface area contributed by atoms with Gasteiger partial charge in [0.2, 0.25) is 0 Å². The number of carbonyl (C=O) groups excluding carboxylic acids is 1. The Kier molecular flexibility index (Phi) is 3.66. The third-order valence-corrected chi connectivity index (χ3v) is 2.40. The Balaban J connectivity index is 3.10. The van der Waals surface area contributed by atoms with E-state index in [0.717, 1.165) is 0 Å². The number of rotatable bonds is 2. The lowest BCUT2D eigenvalue weighted by Gasteiger charge is -2.19. The van der Waals surface area contributed by atoms with E-state index in [1.54, 1.807) is 18.2 Å². The van der Waals surface area contributed by atoms with Crippen LogP contribution in [0.5, 0.6) is 0 Å². The summed E-state index contributed by atoms with van der Waals surface area (Å²) >= 11 is 9.98. The number of nitrogens with zero attached hydrogens (tertiary/aromatic N) is 1. The average Bonchev–Trinajstić information content (AvgIpc) is 2.09. The van der Waals surface area contributed by atoms with Crippen LogP contribution in [0.3, 0.4) is 0 Å². The second-order valence-electron chi connectivity index (χ2n) is 2.72. The van der Waals surface area contributed by atoms with Gasteiger partial charge in [0, 0.05) is 16.5 Å². The standard InChI is InChI=1S/C9H11ClN2OS/c1-2-12(9(11)13)7-4-3-6(10)5-8(7)14/h3-5,14H,2H2,1H3,(H2,11,13). The molecule has 0 fully saturated rings. The summed E-state index contributed by atoms with van der Waals surface area (Å²) in [6.07, 6.45) is 0. The van der Waals surface area contributed by atoms with Crippen LogP contribution in [0.1, 0.15) is 6.92 Å². The van der Waals surface area contributed by atoms with Crippen molar-refractivity contribution in [2.45, 2.75) is 11.8 Å². The number of thiol groups is 1. The van der Waals surface area contributed by atoms with Gasteiger partial charge in [0.15, 0.2) is 0 Å². The Bertz CT molecular complexity index is 357. The Hall–Kier alpha value is -0.870. The maximum Gasteiger partial charge on any atom is 0.319 e. The van der Waals surface area contributed by atoms with Gasteiger partial charge >= 0.3 is 6.03 Å². The number of urea groups is 1. The van der Waals surface area contributed by atoms with Crippen LogP contribution in [-0.4, -0.2) is 12.6 Å². The molecule has 0 bridgehead atoms. The number of nitrogens with two attached hydrogens (primary N) is 1. The van der Waals surface area contributed by atoms with Gasteiger partial charge in [-0.15, -0.1) is 12.6 Å². The minimum absolute atomic E-state index is 0.495. The van der Waals surface area contributed by atoms with Gasteiger partial charge < -0.3 is 5.73 Å². The number of hydrogen-bond acceptors (Lipinski definition) is 2. The summed E-state index contributed by atoms with van der Waals surface area (Å²) in [6, 6.07) is 4.59. The number of primary amides is 1. The predicted molar refractivity (Wildman–Crippen MR) is 61.3 cm³/mol. The van der Waals surface area contributed by atoms with E-state index in [-0.39, 0.29) is 0 Å². The summed E-state index contributed by atoms with van der Waals surface area (Å²) in [4.78, 5) is 13.1. The number of anilines is 1. The lowest BCUT2D eigenvalue weighted by Crippen LogP contribution is -2.35. The summed E-state index contributed by atoms with van der Waals surface area (Å²) in [5.41, 5.74) is 5.88. The summed E-state index contributed by atoms with van der Waals surface area (Å²) in [5, 5.41) is 0.583. The van der Waals surface area contributed by atoms with Crippen molar-refractivity contribution in [1.82, 2.24) is 0 Å². The second kappa shape index (κ2) is 4.57. The zero-order valence-electron chi connectivity index (χ0n) is 7.70. The topological polar surface area (TPSA) is 46.3 Å². The Morgan fingerprint density at radius 2 is 2.29 bits per heavy atom. The molecule has 1 aromatic carbocycles. The average molecular weight is 231 g/mol. The maximum absolute atomic E-state index is 11.0. The summed E-state index contributed by atoms with van der Waals surface area (Å²) in [7, 11) is 0. The molecule has 1 aromatic rings.